The van der Waals surface area contributed by atoms with E-state index in [0.29, 0.717) is 37.6 Å². The second kappa shape index (κ2) is 9.52. The monoisotopic (exact) mass is 416 g/mol. The van der Waals surface area contributed by atoms with Crippen molar-refractivity contribution < 1.29 is 18.1 Å². The Labute approximate surface area is 173 Å². The largest absolute Gasteiger partial charge is 0.325 e. The molecule has 1 amide bonds. The number of anilines is 1. The molecule has 2 aromatic rings. The highest BCUT2D eigenvalue weighted by molar-refractivity contribution is 7.89. The zero-order chi connectivity index (χ0) is 20.9. The smallest absolute Gasteiger partial charge is 0.279 e. The molecule has 2 aromatic carbocycles. The standard InChI is InChI=1S/C22H29N3O3S/c1-3-6-19-9-11-20(12-10-19)29(27,28)25-15-13-24(14-16-25)17-22(26)23-21-8-5-4-7-18(21)2/h4-5,7-12H,3,6,13-17H2,1-2H3,(H,23,26)/p+1. The molecule has 3 rings (SSSR count). The Hall–Kier alpha value is -2.22. The van der Waals surface area contributed by atoms with Crippen LogP contribution < -0.4 is 10.2 Å². The molecule has 156 valence electrons. The van der Waals surface area contributed by atoms with Crippen LogP contribution in [0, 0.1) is 6.92 Å². The molecule has 1 heterocycles. The van der Waals surface area contributed by atoms with Crippen LogP contribution in [0.2, 0.25) is 0 Å². The lowest BCUT2D eigenvalue weighted by Crippen LogP contribution is -3.15. The van der Waals surface area contributed by atoms with Gasteiger partial charge < -0.3 is 10.2 Å². The van der Waals surface area contributed by atoms with Crippen LogP contribution in [0.4, 0.5) is 5.69 Å². The molecule has 6 nitrogen and oxygen atoms in total. The summed E-state index contributed by atoms with van der Waals surface area (Å²) in [4.78, 5) is 13.8. The van der Waals surface area contributed by atoms with E-state index in [1.165, 1.54) is 4.31 Å². The summed E-state index contributed by atoms with van der Waals surface area (Å²) in [6, 6.07) is 14.9. The van der Waals surface area contributed by atoms with Crippen molar-refractivity contribution in [1.29, 1.82) is 0 Å². The number of hydrogen-bond acceptors (Lipinski definition) is 3. The first-order chi connectivity index (χ1) is 13.9. The van der Waals surface area contributed by atoms with Crippen molar-refractivity contribution in [3.05, 3.63) is 59.7 Å². The number of nitrogens with one attached hydrogen (secondary N) is 2. The second-order valence-electron chi connectivity index (χ2n) is 7.59. The molecular formula is C22H30N3O3S+. The van der Waals surface area contributed by atoms with Crippen LogP contribution in [0.1, 0.15) is 24.5 Å². The summed E-state index contributed by atoms with van der Waals surface area (Å²) >= 11 is 0. The molecule has 0 atom stereocenters. The third-order valence-electron chi connectivity index (χ3n) is 5.36. The van der Waals surface area contributed by atoms with Gasteiger partial charge in [-0.05, 0) is 42.7 Å². The summed E-state index contributed by atoms with van der Waals surface area (Å²) in [5.74, 6) is -0.0443. The Bertz CT molecular complexity index is 934. The average molecular weight is 417 g/mol. The fraction of sp³-hybridized carbons (Fsp3) is 0.409. The number of amides is 1. The predicted molar refractivity (Wildman–Crippen MR) is 115 cm³/mol. The lowest BCUT2D eigenvalue weighted by molar-refractivity contribution is -0.895. The molecule has 0 aliphatic carbocycles. The fourth-order valence-electron chi connectivity index (χ4n) is 3.62. The van der Waals surface area contributed by atoms with E-state index >= 15 is 0 Å². The van der Waals surface area contributed by atoms with Crippen molar-refractivity contribution in [2.24, 2.45) is 0 Å². The number of rotatable bonds is 7. The van der Waals surface area contributed by atoms with Crippen LogP contribution in [0.3, 0.4) is 0 Å². The zero-order valence-electron chi connectivity index (χ0n) is 17.1. The van der Waals surface area contributed by atoms with Gasteiger partial charge in [-0.25, -0.2) is 8.42 Å². The van der Waals surface area contributed by atoms with Gasteiger partial charge in [0.05, 0.1) is 31.1 Å². The van der Waals surface area contributed by atoms with Gasteiger partial charge in [0.2, 0.25) is 10.0 Å². The number of para-hydroxylation sites is 1. The summed E-state index contributed by atoms with van der Waals surface area (Å²) in [6.45, 7) is 6.49. The second-order valence-corrected chi connectivity index (χ2v) is 9.53. The topological polar surface area (TPSA) is 70.9 Å². The van der Waals surface area contributed by atoms with Gasteiger partial charge in [0.15, 0.2) is 6.54 Å². The lowest BCUT2D eigenvalue weighted by atomic mass is 10.1. The summed E-state index contributed by atoms with van der Waals surface area (Å²) < 4.78 is 27.3. The predicted octanol–water partition coefficient (Wildman–Crippen LogP) is 1.48. The first-order valence-electron chi connectivity index (χ1n) is 10.2. The molecule has 0 spiro atoms. The van der Waals surface area contributed by atoms with Gasteiger partial charge >= 0.3 is 0 Å². The van der Waals surface area contributed by atoms with Crippen molar-refractivity contribution in [3.63, 3.8) is 0 Å². The van der Waals surface area contributed by atoms with Gasteiger partial charge in [0.1, 0.15) is 0 Å². The van der Waals surface area contributed by atoms with Crippen LogP contribution in [0.25, 0.3) is 0 Å². The number of aryl methyl sites for hydroxylation is 2. The molecule has 0 unspecified atom stereocenters. The van der Waals surface area contributed by atoms with Gasteiger partial charge in [-0.2, -0.15) is 4.31 Å². The Kier molecular flexibility index (Phi) is 7.05. The summed E-state index contributed by atoms with van der Waals surface area (Å²) in [5, 5.41) is 2.95. The van der Waals surface area contributed by atoms with Crippen LogP contribution >= 0.6 is 0 Å². The van der Waals surface area contributed by atoms with Crippen molar-refractivity contribution in [2.45, 2.75) is 31.6 Å². The number of benzene rings is 2. The van der Waals surface area contributed by atoms with Gasteiger partial charge in [-0.1, -0.05) is 43.7 Å². The minimum Gasteiger partial charge on any atom is -0.325 e. The highest BCUT2D eigenvalue weighted by Crippen LogP contribution is 2.17. The molecule has 1 aliphatic rings. The molecule has 0 radical (unpaired) electrons. The highest BCUT2D eigenvalue weighted by Gasteiger charge is 2.31. The molecule has 0 saturated carbocycles. The van der Waals surface area contributed by atoms with E-state index in [2.05, 4.69) is 12.2 Å². The molecule has 0 bridgehead atoms. The zero-order valence-corrected chi connectivity index (χ0v) is 18.0. The summed E-state index contributed by atoms with van der Waals surface area (Å²) in [7, 11) is -3.48. The highest BCUT2D eigenvalue weighted by atomic mass is 32.2. The number of hydrogen-bond donors (Lipinski definition) is 2. The minimum atomic E-state index is -3.48. The van der Waals surface area contributed by atoms with Gasteiger partial charge in [-0.15, -0.1) is 0 Å². The molecule has 1 saturated heterocycles. The van der Waals surface area contributed by atoms with Crippen molar-refractivity contribution in [3.8, 4) is 0 Å². The number of nitrogens with zero attached hydrogens (tertiary/aromatic N) is 1. The van der Waals surface area contributed by atoms with Crippen LogP contribution in [-0.4, -0.2) is 51.4 Å². The van der Waals surface area contributed by atoms with E-state index in [1.807, 2.05) is 43.3 Å². The Morgan fingerprint density at radius 1 is 1.07 bits per heavy atom. The first kappa shape index (κ1) is 21.5. The maximum Gasteiger partial charge on any atom is 0.279 e. The normalized spacial score (nSPS) is 15.9. The Morgan fingerprint density at radius 2 is 1.72 bits per heavy atom. The van der Waals surface area contributed by atoms with Crippen molar-refractivity contribution >= 4 is 21.6 Å². The molecule has 0 aromatic heterocycles. The minimum absolute atomic E-state index is 0.0443. The number of carbonyl (C=O) groups excluding carboxylic acids is 1. The van der Waals surface area contributed by atoms with Crippen molar-refractivity contribution in [2.75, 3.05) is 38.0 Å². The summed E-state index contributed by atoms with van der Waals surface area (Å²) in [6.07, 6.45) is 1.99. The third kappa shape index (κ3) is 5.44. The number of carbonyl (C=O) groups is 1. The van der Waals surface area contributed by atoms with E-state index in [0.717, 1.165) is 34.6 Å². The van der Waals surface area contributed by atoms with Crippen LogP contribution in [-0.2, 0) is 21.2 Å². The molecule has 7 heteroatoms. The van der Waals surface area contributed by atoms with E-state index in [-0.39, 0.29) is 5.91 Å². The molecule has 29 heavy (non-hydrogen) atoms. The van der Waals surface area contributed by atoms with E-state index < -0.39 is 10.0 Å². The number of sulfonamides is 1. The fourth-order valence-corrected chi connectivity index (χ4v) is 5.06. The molecular weight excluding hydrogens is 386 g/mol. The quantitative estimate of drug-likeness (QED) is 0.718. The van der Waals surface area contributed by atoms with Crippen LogP contribution in [0.15, 0.2) is 53.4 Å². The van der Waals surface area contributed by atoms with Gasteiger partial charge in [-0.3, -0.25) is 4.79 Å². The number of quaternary nitrogens is 1. The molecule has 2 N–H and O–H groups in total. The average Bonchev–Trinajstić information content (AvgIpc) is 2.71. The maximum atomic E-state index is 12.9. The Morgan fingerprint density at radius 3 is 2.34 bits per heavy atom. The first-order valence-corrected chi connectivity index (χ1v) is 11.6. The van der Waals surface area contributed by atoms with Crippen LogP contribution in [0.5, 0.6) is 0 Å². The van der Waals surface area contributed by atoms with Gasteiger partial charge in [0, 0.05) is 5.69 Å². The Balaban J connectivity index is 1.54. The van der Waals surface area contributed by atoms with Gasteiger partial charge in [0.25, 0.3) is 5.91 Å². The summed E-state index contributed by atoms with van der Waals surface area (Å²) in [5.41, 5.74) is 3.00. The lowest BCUT2D eigenvalue weighted by Gasteiger charge is -2.31. The molecule has 1 fully saturated rings. The van der Waals surface area contributed by atoms with E-state index in [4.69, 9.17) is 0 Å². The van der Waals surface area contributed by atoms with E-state index in [9.17, 15) is 13.2 Å². The SMILES string of the molecule is CCCc1ccc(S(=O)(=O)N2CC[NH+](CC(=O)Nc3ccccc3C)CC2)cc1. The molecule has 1 aliphatic heterocycles. The van der Waals surface area contributed by atoms with Crippen molar-refractivity contribution in [1.82, 2.24) is 4.31 Å². The maximum absolute atomic E-state index is 12.9. The van der Waals surface area contributed by atoms with E-state index in [1.54, 1.807) is 12.1 Å². The third-order valence-corrected chi connectivity index (χ3v) is 7.27. The number of piperazine rings is 1.